The largest absolute Gasteiger partial charge is 0.479 e. The molecule has 20 heavy (non-hydrogen) atoms. The van der Waals surface area contributed by atoms with E-state index in [4.69, 9.17) is 16.7 Å². The minimum atomic E-state index is -1.33. The van der Waals surface area contributed by atoms with Gasteiger partial charge in [0.1, 0.15) is 0 Å². The summed E-state index contributed by atoms with van der Waals surface area (Å²) in [5.74, 6) is -1.20. The first-order valence-electron chi connectivity index (χ1n) is 6.32. The van der Waals surface area contributed by atoms with Gasteiger partial charge in [0.15, 0.2) is 6.10 Å². The quantitative estimate of drug-likeness (QED) is 0.887. The van der Waals surface area contributed by atoms with Crippen LogP contribution in [0.4, 0.5) is 0 Å². The molecule has 0 radical (unpaired) electrons. The predicted molar refractivity (Wildman–Crippen MR) is 78.9 cm³/mol. The van der Waals surface area contributed by atoms with Gasteiger partial charge in [0.05, 0.1) is 0 Å². The first kappa shape index (κ1) is 14.6. The van der Waals surface area contributed by atoms with Crippen LogP contribution in [-0.2, 0) is 11.2 Å². The van der Waals surface area contributed by atoms with E-state index in [1.807, 2.05) is 48.5 Å². The Morgan fingerprint density at radius 1 is 1.15 bits per heavy atom. The third-order valence-corrected chi connectivity index (χ3v) is 3.42. The SMILES string of the molecule is O=C(O)C(O)CCc1ccc(-c2ccccc2)c(Cl)c1. The molecule has 0 saturated heterocycles. The molecule has 2 N–H and O–H groups in total. The van der Waals surface area contributed by atoms with Crippen LogP contribution in [0.1, 0.15) is 12.0 Å². The molecular formula is C16H15ClO3. The lowest BCUT2D eigenvalue weighted by Crippen LogP contribution is -2.19. The zero-order chi connectivity index (χ0) is 14.5. The van der Waals surface area contributed by atoms with Crippen LogP contribution >= 0.6 is 11.6 Å². The Bertz CT molecular complexity index is 596. The molecule has 3 nitrogen and oxygen atoms in total. The number of aliphatic hydroxyl groups is 1. The fourth-order valence-electron chi connectivity index (χ4n) is 1.99. The molecule has 0 spiro atoms. The molecule has 2 aromatic rings. The number of hydrogen-bond donors (Lipinski definition) is 2. The van der Waals surface area contributed by atoms with E-state index in [-0.39, 0.29) is 6.42 Å². The number of hydrogen-bond acceptors (Lipinski definition) is 2. The topological polar surface area (TPSA) is 57.5 Å². The van der Waals surface area contributed by atoms with E-state index < -0.39 is 12.1 Å². The van der Waals surface area contributed by atoms with Gasteiger partial charge in [0, 0.05) is 10.6 Å². The number of carboxylic acid groups (broad SMARTS) is 1. The highest BCUT2D eigenvalue weighted by Gasteiger charge is 2.13. The zero-order valence-corrected chi connectivity index (χ0v) is 11.5. The molecule has 0 amide bonds. The first-order chi connectivity index (χ1) is 9.58. The normalized spacial score (nSPS) is 12.1. The van der Waals surface area contributed by atoms with Gasteiger partial charge in [-0.3, -0.25) is 0 Å². The highest BCUT2D eigenvalue weighted by molar-refractivity contribution is 6.33. The third kappa shape index (κ3) is 3.59. The van der Waals surface area contributed by atoms with Gasteiger partial charge < -0.3 is 10.2 Å². The Hall–Kier alpha value is -1.84. The summed E-state index contributed by atoms with van der Waals surface area (Å²) in [4.78, 5) is 10.6. The van der Waals surface area contributed by atoms with E-state index in [2.05, 4.69) is 0 Å². The molecule has 0 fully saturated rings. The smallest absolute Gasteiger partial charge is 0.332 e. The molecule has 0 aliphatic rings. The number of carbonyl (C=O) groups is 1. The van der Waals surface area contributed by atoms with Crippen molar-refractivity contribution in [1.82, 2.24) is 0 Å². The van der Waals surface area contributed by atoms with Gasteiger partial charge >= 0.3 is 5.97 Å². The zero-order valence-electron chi connectivity index (χ0n) is 10.8. The molecule has 0 heterocycles. The highest BCUT2D eigenvalue weighted by Crippen LogP contribution is 2.28. The number of aryl methyl sites for hydroxylation is 1. The standard InChI is InChI=1S/C16H15ClO3/c17-14-10-11(7-9-15(18)16(19)20)6-8-13(14)12-4-2-1-3-5-12/h1-6,8,10,15,18H,7,9H2,(H,19,20). The fourth-order valence-corrected chi connectivity index (χ4v) is 2.31. The molecule has 104 valence electrons. The molecule has 0 aliphatic carbocycles. The molecule has 1 unspecified atom stereocenters. The first-order valence-corrected chi connectivity index (χ1v) is 6.70. The van der Waals surface area contributed by atoms with Crippen LogP contribution < -0.4 is 0 Å². The summed E-state index contributed by atoms with van der Waals surface area (Å²) in [5, 5.41) is 18.5. The number of aliphatic hydroxyl groups excluding tert-OH is 1. The second-order valence-electron chi connectivity index (χ2n) is 4.57. The lowest BCUT2D eigenvalue weighted by molar-refractivity contribution is -0.146. The monoisotopic (exact) mass is 290 g/mol. The lowest BCUT2D eigenvalue weighted by Gasteiger charge is -2.09. The number of aliphatic carboxylic acids is 1. The molecule has 0 aliphatic heterocycles. The predicted octanol–water partition coefficient (Wildman–Crippen LogP) is 3.39. The van der Waals surface area contributed by atoms with Gasteiger partial charge in [-0.1, -0.05) is 54.1 Å². The van der Waals surface area contributed by atoms with Gasteiger partial charge in [-0.05, 0) is 30.0 Å². The van der Waals surface area contributed by atoms with Crippen LogP contribution in [0.5, 0.6) is 0 Å². The number of rotatable bonds is 5. The summed E-state index contributed by atoms with van der Waals surface area (Å²) >= 11 is 6.26. The fraction of sp³-hybridized carbons (Fsp3) is 0.188. The maximum absolute atomic E-state index is 10.6. The number of carboxylic acids is 1. The van der Waals surface area contributed by atoms with Crippen LogP contribution in [0.25, 0.3) is 11.1 Å². The summed E-state index contributed by atoms with van der Waals surface area (Å²) in [5.41, 5.74) is 2.89. The van der Waals surface area contributed by atoms with E-state index in [1.54, 1.807) is 0 Å². The summed E-state index contributed by atoms with van der Waals surface area (Å²) in [7, 11) is 0. The molecule has 1 atom stereocenters. The Morgan fingerprint density at radius 3 is 2.45 bits per heavy atom. The maximum atomic E-state index is 10.6. The molecule has 0 saturated carbocycles. The van der Waals surface area contributed by atoms with E-state index in [0.717, 1.165) is 16.7 Å². The molecule has 4 heteroatoms. The van der Waals surface area contributed by atoms with Crippen molar-refractivity contribution in [3.63, 3.8) is 0 Å². The Kier molecular flexibility index (Phi) is 4.77. The van der Waals surface area contributed by atoms with Crippen LogP contribution in [0.15, 0.2) is 48.5 Å². The van der Waals surface area contributed by atoms with Gasteiger partial charge in [-0.25, -0.2) is 4.79 Å². The van der Waals surface area contributed by atoms with Gasteiger partial charge in [0.2, 0.25) is 0 Å². The Labute approximate surface area is 122 Å². The minimum absolute atomic E-state index is 0.177. The Morgan fingerprint density at radius 2 is 1.85 bits per heavy atom. The molecule has 0 bridgehead atoms. The molecule has 0 aromatic heterocycles. The van der Waals surface area contributed by atoms with Crippen molar-refractivity contribution in [2.24, 2.45) is 0 Å². The summed E-state index contributed by atoms with van der Waals surface area (Å²) in [6.45, 7) is 0. The minimum Gasteiger partial charge on any atom is -0.479 e. The molecule has 2 rings (SSSR count). The average molecular weight is 291 g/mol. The Balaban J connectivity index is 2.12. The summed E-state index contributed by atoms with van der Waals surface area (Å²) < 4.78 is 0. The van der Waals surface area contributed by atoms with Crippen molar-refractivity contribution >= 4 is 17.6 Å². The van der Waals surface area contributed by atoms with Gasteiger partial charge in [-0.15, -0.1) is 0 Å². The second kappa shape index (κ2) is 6.55. The van der Waals surface area contributed by atoms with E-state index in [0.29, 0.717) is 11.4 Å². The van der Waals surface area contributed by atoms with Crippen LogP contribution in [0.3, 0.4) is 0 Å². The van der Waals surface area contributed by atoms with Crippen molar-refractivity contribution in [2.75, 3.05) is 0 Å². The highest BCUT2D eigenvalue weighted by atomic mass is 35.5. The molecule has 2 aromatic carbocycles. The number of halogens is 1. The van der Waals surface area contributed by atoms with Gasteiger partial charge in [-0.2, -0.15) is 0 Å². The van der Waals surface area contributed by atoms with Crippen LogP contribution in [-0.4, -0.2) is 22.3 Å². The average Bonchev–Trinajstić information content (AvgIpc) is 2.45. The van der Waals surface area contributed by atoms with Crippen molar-refractivity contribution in [3.05, 3.63) is 59.1 Å². The van der Waals surface area contributed by atoms with Gasteiger partial charge in [0.25, 0.3) is 0 Å². The van der Waals surface area contributed by atoms with E-state index >= 15 is 0 Å². The van der Waals surface area contributed by atoms with Crippen LogP contribution in [0, 0.1) is 0 Å². The van der Waals surface area contributed by atoms with Crippen molar-refractivity contribution in [2.45, 2.75) is 18.9 Å². The summed E-state index contributed by atoms with van der Waals surface area (Å²) in [6.07, 6.45) is -0.680. The number of benzene rings is 2. The van der Waals surface area contributed by atoms with Crippen LogP contribution in [0.2, 0.25) is 5.02 Å². The van der Waals surface area contributed by atoms with E-state index in [9.17, 15) is 9.90 Å². The van der Waals surface area contributed by atoms with Crippen molar-refractivity contribution in [1.29, 1.82) is 0 Å². The maximum Gasteiger partial charge on any atom is 0.332 e. The summed E-state index contributed by atoms with van der Waals surface area (Å²) in [6, 6.07) is 15.4. The van der Waals surface area contributed by atoms with E-state index in [1.165, 1.54) is 0 Å². The van der Waals surface area contributed by atoms with Crippen molar-refractivity contribution < 1.29 is 15.0 Å². The molecular weight excluding hydrogens is 276 g/mol. The second-order valence-corrected chi connectivity index (χ2v) is 4.98. The van der Waals surface area contributed by atoms with Crippen molar-refractivity contribution in [3.8, 4) is 11.1 Å². The lowest BCUT2D eigenvalue weighted by atomic mass is 10.0. The third-order valence-electron chi connectivity index (χ3n) is 3.11.